The number of likely N-dealkylation sites (tertiary alicyclic amines) is 1. The second kappa shape index (κ2) is 5.83. The number of carbonyl (C=O) groups excluding carboxylic acids is 1. The molecule has 0 bridgehead atoms. The highest BCUT2D eigenvalue weighted by Crippen LogP contribution is 2.24. The first-order valence-corrected chi connectivity index (χ1v) is 6.90. The first kappa shape index (κ1) is 14.2. The fraction of sp³-hybridized carbons (Fsp3) is 0.533. The lowest BCUT2D eigenvalue weighted by atomic mass is 9.98. The maximum Gasteiger partial charge on any atom is 0.253 e. The number of nitrogens with zero attached hydrogens (tertiary/aromatic N) is 1. The van der Waals surface area contributed by atoms with Gasteiger partial charge in [-0.15, -0.1) is 12.4 Å². The number of hydrogen-bond acceptors (Lipinski definition) is 2. The van der Waals surface area contributed by atoms with Gasteiger partial charge in [0.15, 0.2) is 0 Å². The zero-order chi connectivity index (χ0) is 12.5. The van der Waals surface area contributed by atoms with Gasteiger partial charge in [0, 0.05) is 30.9 Å². The van der Waals surface area contributed by atoms with E-state index in [2.05, 4.69) is 18.3 Å². The molecule has 0 atom stereocenters. The first-order chi connectivity index (χ1) is 8.74. The summed E-state index contributed by atoms with van der Waals surface area (Å²) in [5.41, 5.74) is 3.33. The van der Waals surface area contributed by atoms with Gasteiger partial charge >= 0.3 is 0 Å². The molecule has 19 heavy (non-hydrogen) atoms. The number of fused-ring (bicyclic) bond motifs is 1. The van der Waals surface area contributed by atoms with E-state index in [9.17, 15) is 4.79 Å². The zero-order valence-electron chi connectivity index (χ0n) is 11.3. The fourth-order valence-corrected chi connectivity index (χ4v) is 2.83. The highest BCUT2D eigenvalue weighted by atomic mass is 35.5. The third-order valence-corrected chi connectivity index (χ3v) is 4.13. The first-order valence-electron chi connectivity index (χ1n) is 6.90. The van der Waals surface area contributed by atoms with Crippen molar-refractivity contribution >= 4 is 24.0 Å². The van der Waals surface area contributed by atoms with E-state index in [1.54, 1.807) is 0 Å². The lowest BCUT2D eigenvalue weighted by Crippen LogP contribution is -2.37. The summed E-state index contributed by atoms with van der Waals surface area (Å²) in [6.45, 7) is 5.09. The number of carbonyl (C=O) groups is 1. The van der Waals surface area contributed by atoms with Crippen molar-refractivity contribution in [3.05, 3.63) is 29.3 Å². The lowest BCUT2D eigenvalue weighted by Gasteiger charge is -2.30. The quantitative estimate of drug-likeness (QED) is 0.858. The van der Waals surface area contributed by atoms with Crippen molar-refractivity contribution < 1.29 is 4.79 Å². The molecule has 1 aromatic carbocycles. The third kappa shape index (κ3) is 2.86. The van der Waals surface area contributed by atoms with Gasteiger partial charge in [-0.3, -0.25) is 4.79 Å². The minimum absolute atomic E-state index is 0. The second-order valence-corrected chi connectivity index (χ2v) is 5.52. The summed E-state index contributed by atoms with van der Waals surface area (Å²) in [5.74, 6) is 0.967. The third-order valence-electron chi connectivity index (χ3n) is 4.13. The molecule has 1 saturated heterocycles. The maximum absolute atomic E-state index is 12.4. The number of amides is 1. The molecule has 4 heteroatoms. The van der Waals surface area contributed by atoms with E-state index in [-0.39, 0.29) is 18.3 Å². The molecule has 3 nitrogen and oxygen atoms in total. The van der Waals surface area contributed by atoms with E-state index in [4.69, 9.17) is 0 Å². The fourth-order valence-electron chi connectivity index (χ4n) is 2.83. The molecule has 1 aromatic rings. The summed E-state index contributed by atoms with van der Waals surface area (Å²) in [7, 11) is 0. The molecule has 0 aliphatic carbocycles. The Hall–Kier alpha value is -1.22. The number of piperidine rings is 1. The van der Waals surface area contributed by atoms with Gasteiger partial charge in [-0.2, -0.15) is 0 Å². The van der Waals surface area contributed by atoms with E-state index in [1.807, 2.05) is 17.0 Å². The van der Waals surface area contributed by atoms with Crippen LogP contribution in [-0.4, -0.2) is 30.4 Å². The van der Waals surface area contributed by atoms with E-state index in [1.165, 1.54) is 11.3 Å². The molecular weight excluding hydrogens is 260 g/mol. The van der Waals surface area contributed by atoms with E-state index >= 15 is 0 Å². The SMILES string of the molecule is CC1CCN(C(=O)c2ccc3c(c2)CCN3)CC1.Cl. The molecule has 2 aliphatic rings. The topological polar surface area (TPSA) is 32.3 Å². The standard InChI is InChI=1S/C15H20N2O.ClH/c1-11-5-8-17(9-6-11)15(18)13-2-3-14-12(10-13)4-7-16-14;/h2-3,10-11,16H,4-9H2,1H3;1H. The van der Waals surface area contributed by atoms with Crippen molar-refractivity contribution in [2.45, 2.75) is 26.2 Å². The minimum Gasteiger partial charge on any atom is -0.384 e. The number of hydrogen-bond donors (Lipinski definition) is 1. The van der Waals surface area contributed by atoms with Crippen molar-refractivity contribution in [3.63, 3.8) is 0 Å². The second-order valence-electron chi connectivity index (χ2n) is 5.52. The van der Waals surface area contributed by atoms with Gasteiger partial charge in [0.1, 0.15) is 0 Å². The Morgan fingerprint density at radius 1 is 1.32 bits per heavy atom. The lowest BCUT2D eigenvalue weighted by molar-refractivity contribution is 0.0697. The number of halogens is 1. The average molecular weight is 281 g/mol. The predicted molar refractivity (Wildman–Crippen MR) is 80.2 cm³/mol. The molecule has 1 fully saturated rings. The van der Waals surface area contributed by atoms with Crippen LogP contribution in [0.5, 0.6) is 0 Å². The van der Waals surface area contributed by atoms with Crippen LogP contribution < -0.4 is 5.32 Å². The molecule has 3 rings (SSSR count). The molecule has 104 valence electrons. The molecule has 0 aromatic heterocycles. The summed E-state index contributed by atoms with van der Waals surface area (Å²) < 4.78 is 0. The molecule has 2 heterocycles. The van der Waals surface area contributed by atoms with Gasteiger partial charge in [-0.25, -0.2) is 0 Å². The molecule has 0 radical (unpaired) electrons. The van der Waals surface area contributed by atoms with Gasteiger partial charge in [-0.1, -0.05) is 6.92 Å². The number of benzene rings is 1. The molecule has 1 amide bonds. The van der Waals surface area contributed by atoms with E-state index < -0.39 is 0 Å². The average Bonchev–Trinajstić information content (AvgIpc) is 2.86. The van der Waals surface area contributed by atoms with Gasteiger partial charge in [0.2, 0.25) is 0 Å². The van der Waals surface area contributed by atoms with E-state index in [0.29, 0.717) is 0 Å². The highest BCUT2D eigenvalue weighted by molar-refractivity contribution is 5.95. The van der Waals surface area contributed by atoms with Crippen molar-refractivity contribution in [3.8, 4) is 0 Å². The smallest absolute Gasteiger partial charge is 0.253 e. The van der Waals surface area contributed by atoms with Gasteiger partial charge in [-0.05, 0) is 48.9 Å². The summed E-state index contributed by atoms with van der Waals surface area (Å²) in [5, 5.41) is 3.33. The van der Waals surface area contributed by atoms with Crippen LogP contribution in [0.3, 0.4) is 0 Å². The predicted octanol–water partition coefficient (Wildman–Crippen LogP) is 2.95. The molecule has 0 unspecified atom stereocenters. The minimum atomic E-state index is 0. The van der Waals surface area contributed by atoms with E-state index in [0.717, 1.165) is 50.4 Å². The Labute approximate surface area is 120 Å². The Balaban J connectivity index is 0.00000133. The zero-order valence-corrected chi connectivity index (χ0v) is 12.1. The monoisotopic (exact) mass is 280 g/mol. The Morgan fingerprint density at radius 3 is 2.79 bits per heavy atom. The summed E-state index contributed by atoms with van der Waals surface area (Å²) in [6.07, 6.45) is 3.31. The van der Waals surface area contributed by atoms with Crippen LogP contribution in [0.1, 0.15) is 35.7 Å². The van der Waals surface area contributed by atoms with Gasteiger partial charge in [0.25, 0.3) is 5.91 Å². The Kier molecular flexibility index (Phi) is 4.35. The van der Waals surface area contributed by atoms with Crippen LogP contribution in [-0.2, 0) is 6.42 Å². The van der Waals surface area contributed by atoms with Crippen molar-refractivity contribution in [2.24, 2.45) is 5.92 Å². The van der Waals surface area contributed by atoms with Crippen molar-refractivity contribution in [1.29, 1.82) is 0 Å². The van der Waals surface area contributed by atoms with Gasteiger partial charge in [0.05, 0.1) is 0 Å². The molecule has 1 N–H and O–H groups in total. The number of anilines is 1. The van der Waals surface area contributed by atoms with Crippen LogP contribution in [0.2, 0.25) is 0 Å². The van der Waals surface area contributed by atoms with Crippen LogP contribution in [0.4, 0.5) is 5.69 Å². The van der Waals surface area contributed by atoms with Crippen molar-refractivity contribution in [1.82, 2.24) is 4.90 Å². The molecule has 2 aliphatic heterocycles. The summed E-state index contributed by atoms with van der Waals surface area (Å²) in [4.78, 5) is 14.4. The Morgan fingerprint density at radius 2 is 2.05 bits per heavy atom. The summed E-state index contributed by atoms with van der Waals surface area (Å²) >= 11 is 0. The molecule has 0 spiro atoms. The van der Waals surface area contributed by atoms with Crippen LogP contribution in [0.25, 0.3) is 0 Å². The highest BCUT2D eigenvalue weighted by Gasteiger charge is 2.22. The van der Waals surface area contributed by atoms with Crippen LogP contribution >= 0.6 is 12.4 Å². The maximum atomic E-state index is 12.4. The van der Waals surface area contributed by atoms with Crippen LogP contribution in [0, 0.1) is 5.92 Å². The van der Waals surface area contributed by atoms with Crippen LogP contribution in [0.15, 0.2) is 18.2 Å². The van der Waals surface area contributed by atoms with Crippen molar-refractivity contribution in [2.75, 3.05) is 25.0 Å². The number of rotatable bonds is 1. The Bertz CT molecular complexity index is 467. The van der Waals surface area contributed by atoms with Gasteiger partial charge < -0.3 is 10.2 Å². The molecular formula is C15H21ClN2O. The molecule has 0 saturated carbocycles. The summed E-state index contributed by atoms with van der Waals surface area (Å²) in [6, 6.07) is 6.06. The normalized spacial score (nSPS) is 18.5. The largest absolute Gasteiger partial charge is 0.384 e. The number of nitrogens with one attached hydrogen (secondary N) is 1.